The monoisotopic (exact) mass is 261 g/mol. The first-order chi connectivity index (χ1) is 9.15. The number of carbonyl (C=O) groups excluding carboxylic acids is 2. The zero-order chi connectivity index (χ0) is 13.8. The number of nitrogens with zero attached hydrogens (tertiary/aromatic N) is 2. The van der Waals surface area contributed by atoms with Gasteiger partial charge in [0.25, 0.3) is 0 Å². The van der Waals surface area contributed by atoms with Crippen LogP contribution in [-0.4, -0.2) is 42.9 Å². The molecule has 1 heterocycles. The predicted molar refractivity (Wildman–Crippen MR) is 73.6 cm³/mol. The van der Waals surface area contributed by atoms with Crippen molar-refractivity contribution >= 4 is 17.5 Å². The SMILES string of the molecule is CN(C(=O)CN)C1CCCN(c2ccccc2)C1=O. The fraction of sp³-hybridized carbons (Fsp3) is 0.429. The van der Waals surface area contributed by atoms with Crippen molar-refractivity contribution in [3.05, 3.63) is 30.3 Å². The Morgan fingerprint density at radius 2 is 2.11 bits per heavy atom. The van der Waals surface area contributed by atoms with Crippen LogP contribution in [-0.2, 0) is 9.59 Å². The van der Waals surface area contributed by atoms with Gasteiger partial charge in [-0.05, 0) is 25.0 Å². The van der Waals surface area contributed by atoms with E-state index in [4.69, 9.17) is 5.73 Å². The van der Waals surface area contributed by atoms with Crippen molar-refractivity contribution in [3.8, 4) is 0 Å². The molecule has 2 rings (SSSR count). The average molecular weight is 261 g/mol. The maximum Gasteiger partial charge on any atom is 0.249 e. The molecular formula is C14H19N3O2. The minimum atomic E-state index is -0.398. The van der Waals surface area contributed by atoms with E-state index in [0.717, 1.165) is 12.1 Å². The number of rotatable bonds is 3. The van der Waals surface area contributed by atoms with E-state index >= 15 is 0 Å². The van der Waals surface area contributed by atoms with Crippen LogP contribution in [0.3, 0.4) is 0 Å². The molecule has 2 N–H and O–H groups in total. The first kappa shape index (κ1) is 13.5. The number of piperidine rings is 1. The van der Waals surface area contributed by atoms with Crippen LogP contribution < -0.4 is 10.6 Å². The van der Waals surface area contributed by atoms with Gasteiger partial charge in [-0.1, -0.05) is 18.2 Å². The molecular weight excluding hydrogens is 242 g/mol. The van der Waals surface area contributed by atoms with E-state index in [-0.39, 0.29) is 18.4 Å². The Kier molecular flexibility index (Phi) is 4.16. The number of anilines is 1. The van der Waals surface area contributed by atoms with Crippen molar-refractivity contribution in [3.63, 3.8) is 0 Å². The van der Waals surface area contributed by atoms with Gasteiger partial charge in [0, 0.05) is 19.3 Å². The van der Waals surface area contributed by atoms with E-state index in [1.807, 2.05) is 30.3 Å². The average Bonchev–Trinajstić information content (AvgIpc) is 2.47. The van der Waals surface area contributed by atoms with Crippen LogP contribution in [0.1, 0.15) is 12.8 Å². The van der Waals surface area contributed by atoms with Crippen LogP contribution in [0.2, 0.25) is 0 Å². The largest absolute Gasteiger partial charge is 0.333 e. The van der Waals surface area contributed by atoms with E-state index in [9.17, 15) is 9.59 Å². The van der Waals surface area contributed by atoms with Crippen LogP contribution in [0, 0.1) is 0 Å². The predicted octanol–water partition coefficient (Wildman–Crippen LogP) is 0.599. The summed E-state index contributed by atoms with van der Waals surface area (Å²) in [5.74, 6) is -0.227. The number of amides is 2. The molecule has 1 unspecified atom stereocenters. The minimum absolute atomic E-state index is 0.0262. The van der Waals surface area contributed by atoms with Gasteiger partial charge in [0.05, 0.1) is 6.54 Å². The molecule has 1 aromatic rings. The number of hydrogen-bond acceptors (Lipinski definition) is 3. The molecule has 1 aliphatic rings. The maximum absolute atomic E-state index is 12.5. The van der Waals surface area contributed by atoms with E-state index in [0.29, 0.717) is 13.0 Å². The highest BCUT2D eigenvalue weighted by Gasteiger charge is 2.33. The molecule has 0 spiro atoms. The Morgan fingerprint density at radius 3 is 2.74 bits per heavy atom. The lowest BCUT2D eigenvalue weighted by atomic mass is 10.0. The highest BCUT2D eigenvalue weighted by molar-refractivity contribution is 5.99. The van der Waals surface area contributed by atoms with Gasteiger partial charge in [-0.3, -0.25) is 9.59 Å². The Labute approximate surface area is 113 Å². The summed E-state index contributed by atoms with van der Waals surface area (Å²) in [5, 5.41) is 0. The lowest BCUT2D eigenvalue weighted by Gasteiger charge is -2.36. The van der Waals surface area contributed by atoms with Crippen LogP contribution in [0.15, 0.2) is 30.3 Å². The summed E-state index contributed by atoms with van der Waals surface area (Å²) in [6, 6.07) is 9.14. The van der Waals surface area contributed by atoms with Crippen molar-refractivity contribution in [2.45, 2.75) is 18.9 Å². The minimum Gasteiger partial charge on any atom is -0.333 e. The zero-order valence-electron chi connectivity index (χ0n) is 11.1. The number of benzene rings is 1. The molecule has 5 nitrogen and oxygen atoms in total. The van der Waals surface area contributed by atoms with Crippen LogP contribution in [0.5, 0.6) is 0 Å². The summed E-state index contributed by atoms with van der Waals surface area (Å²) < 4.78 is 0. The molecule has 0 aliphatic carbocycles. The third kappa shape index (κ3) is 2.76. The summed E-state index contributed by atoms with van der Waals surface area (Å²) in [6.07, 6.45) is 1.58. The molecule has 0 aromatic heterocycles. The molecule has 2 amide bonds. The maximum atomic E-state index is 12.5. The van der Waals surface area contributed by atoms with Crippen molar-refractivity contribution in [1.82, 2.24) is 4.90 Å². The molecule has 1 aliphatic heterocycles. The zero-order valence-corrected chi connectivity index (χ0v) is 11.1. The molecule has 102 valence electrons. The number of likely N-dealkylation sites (N-methyl/N-ethyl adjacent to an activating group) is 1. The Bertz CT molecular complexity index is 461. The van der Waals surface area contributed by atoms with Gasteiger partial charge in [-0.2, -0.15) is 0 Å². The third-order valence-electron chi connectivity index (χ3n) is 3.51. The summed E-state index contributed by atoms with van der Waals surface area (Å²) in [6.45, 7) is 0.635. The molecule has 1 fully saturated rings. The smallest absolute Gasteiger partial charge is 0.249 e. The second kappa shape index (κ2) is 5.84. The molecule has 1 atom stereocenters. The van der Waals surface area contributed by atoms with Gasteiger partial charge in [0.15, 0.2) is 0 Å². The van der Waals surface area contributed by atoms with Gasteiger partial charge >= 0.3 is 0 Å². The van der Waals surface area contributed by atoms with E-state index in [2.05, 4.69) is 0 Å². The van der Waals surface area contributed by atoms with Crippen LogP contribution >= 0.6 is 0 Å². The van der Waals surface area contributed by atoms with Gasteiger partial charge in [0.2, 0.25) is 11.8 Å². The highest BCUT2D eigenvalue weighted by Crippen LogP contribution is 2.22. The molecule has 0 radical (unpaired) electrons. The first-order valence-corrected chi connectivity index (χ1v) is 6.47. The summed E-state index contributed by atoms with van der Waals surface area (Å²) in [7, 11) is 1.65. The fourth-order valence-electron chi connectivity index (χ4n) is 2.40. The summed E-state index contributed by atoms with van der Waals surface area (Å²) in [5.41, 5.74) is 6.24. The van der Waals surface area contributed by atoms with Gasteiger partial charge in [-0.25, -0.2) is 0 Å². The quantitative estimate of drug-likeness (QED) is 0.866. The molecule has 19 heavy (non-hydrogen) atoms. The summed E-state index contributed by atoms with van der Waals surface area (Å²) >= 11 is 0. The van der Waals surface area contributed by atoms with E-state index in [1.165, 1.54) is 4.90 Å². The van der Waals surface area contributed by atoms with Gasteiger partial charge < -0.3 is 15.5 Å². The molecule has 0 bridgehead atoms. The molecule has 1 saturated heterocycles. The normalized spacial score (nSPS) is 19.4. The van der Waals surface area contributed by atoms with Crippen LogP contribution in [0.25, 0.3) is 0 Å². The number of nitrogens with two attached hydrogens (primary N) is 1. The Balaban J connectivity index is 2.17. The van der Waals surface area contributed by atoms with E-state index in [1.54, 1.807) is 11.9 Å². The molecule has 0 saturated carbocycles. The lowest BCUT2D eigenvalue weighted by Crippen LogP contribution is -2.54. The Hall–Kier alpha value is -1.88. The standard InChI is InChI=1S/C14H19N3O2/c1-16(13(18)10-15)12-8-5-9-17(14(12)19)11-6-3-2-4-7-11/h2-4,6-7,12H,5,8-10,15H2,1H3. The Morgan fingerprint density at radius 1 is 1.42 bits per heavy atom. The summed E-state index contributed by atoms with van der Waals surface area (Å²) in [4.78, 5) is 27.3. The third-order valence-corrected chi connectivity index (χ3v) is 3.51. The number of hydrogen-bond donors (Lipinski definition) is 1. The highest BCUT2D eigenvalue weighted by atomic mass is 16.2. The van der Waals surface area contributed by atoms with Crippen molar-refractivity contribution in [1.29, 1.82) is 0 Å². The number of carbonyl (C=O) groups is 2. The van der Waals surface area contributed by atoms with Gasteiger partial charge in [0.1, 0.15) is 6.04 Å². The van der Waals surface area contributed by atoms with Crippen molar-refractivity contribution < 1.29 is 9.59 Å². The van der Waals surface area contributed by atoms with Crippen molar-refractivity contribution in [2.24, 2.45) is 5.73 Å². The van der Waals surface area contributed by atoms with E-state index < -0.39 is 6.04 Å². The fourth-order valence-corrected chi connectivity index (χ4v) is 2.40. The lowest BCUT2D eigenvalue weighted by molar-refractivity contribution is -0.137. The van der Waals surface area contributed by atoms with Gasteiger partial charge in [-0.15, -0.1) is 0 Å². The first-order valence-electron chi connectivity index (χ1n) is 6.47. The van der Waals surface area contributed by atoms with Crippen LogP contribution in [0.4, 0.5) is 5.69 Å². The number of para-hydroxylation sites is 1. The molecule has 5 heteroatoms. The second-order valence-corrected chi connectivity index (χ2v) is 4.69. The topological polar surface area (TPSA) is 66.6 Å². The molecule has 1 aromatic carbocycles. The van der Waals surface area contributed by atoms with Crippen molar-refractivity contribution in [2.75, 3.05) is 25.0 Å². The second-order valence-electron chi connectivity index (χ2n) is 4.69.